The van der Waals surface area contributed by atoms with Crippen LogP contribution < -0.4 is 5.32 Å². The molecule has 170 valence electrons. The van der Waals surface area contributed by atoms with E-state index in [4.69, 9.17) is 4.74 Å². The summed E-state index contributed by atoms with van der Waals surface area (Å²) in [7, 11) is 1.48. The number of nitrogens with one attached hydrogen (secondary N) is 1. The van der Waals surface area contributed by atoms with Gasteiger partial charge in [0.25, 0.3) is 5.91 Å². The van der Waals surface area contributed by atoms with Crippen molar-refractivity contribution >= 4 is 35.0 Å². The molecule has 2 N–H and O–H groups in total. The maximum absolute atomic E-state index is 12.9. The Morgan fingerprint density at radius 1 is 1.39 bits per heavy atom. The molecule has 0 saturated carbocycles. The van der Waals surface area contributed by atoms with Gasteiger partial charge in [-0.25, -0.2) is 0 Å². The van der Waals surface area contributed by atoms with Gasteiger partial charge in [-0.05, 0) is 37.2 Å². The van der Waals surface area contributed by atoms with Gasteiger partial charge in [0, 0.05) is 24.3 Å². The molecule has 31 heavy (non-hydrogen) atoms. The molecule has 3 rings (SSSR count). The average molecular weight is 457 g/mol. The summed E-state index contributed by atoms with van der Waals surface area (Å²) < 4.78 is 43.7. The van der Waals surface area contributed by atoms with Gasteiger partial charge in [0.15, 0.2) is 0 Å². The number of carbonyl (C=O) groups excluding carboxylic acids is 1. The summed E-state index contributed by atoms with van der Waals surface area (Å²) >= 11 is 3.53. The van der Waals surface area contributed by atoms with Crippen molar-refractivity contribution in [3.63, 3.8) is 0 Å². The van der Waals surface area contributed by atoms with Gasteiger partial charge in [-0.2, -0.15) is 25.8 Å². The number of halogens is 3. The van der Waals surface area contributed by atoms with Crippen molar-refractivity contribution < 1.29 is 27.8 Å². The molecule has 0 bridgehead atoms. The summed E-state index contributed by atoms with van der Waals surface area (Å²) in [5, 5.41) is 12.7. The van der Waals surface area contributed by atoms with Crippen LogP contribution in [0.2, 0.25) is 0 Å². The highest BCUT2D eigenvalue weighted by Gasteiger charge is 2.39. The maximum atomic E-state index is 12.9. The molecule has 2 unspecified atom stereocenters. The number of para-hydroxylation sites is 1. The maximum Gasteiger partial charge on any atom is 0.392 e. The summed E-state index contributed by atoms with van der Waals surface area (Å²) in [4.78, 5) is 16.8. The molecule has 2 atom stereocenters. The molecule has 1 amide bonds. The number of pyridine rings is 1. The third-order valence-electron chi connectivity index (χ3n) is 5.12. The van der Waals surface area contributed by atoms with Crippen LogP contribution in [0, 0.1) is 5.92 Å². The third kappa shape index (κ3) is 6.44. The van der Waals surface area contributed by atoms with Gasteiger partial charge in [-0.1, -0.05) is 24.3 Å². The summed E-state index contributed by atoms with van der Waals surface area (Å²) in [6.45, 7) is -0.0711. The van der Waals surface area contributed by atoms with Crippen molar-refractivity contribution in [1.82, 2.24) is 10.3 Å². The standard InChI is InChI=1S/C21H23F3N2O3.CH4S/c1-29-12-17(11-27)26-20(28)15-9-14-3-2-4-18(19(14)25-10-15)13-5-7-16(8-6-13)21(22,23)24;1-2/h2-5,9-10,16-17,27H,6-8,11-12H2,1H3,(H,26,28);2H,1H3. The number of hydrogen-bond donors (Lipinski definition) is 3. The molecule has 1 aliphatic carbocycles. The molecule has 0 radical (unpaired) electrons. The molecule has 0 fully saturated rings. The normalized spacial score (nSPS) is 17.4. The quantitative estimate of drug-likeness (QED) is 0.568. The molecule has 0 aliphatic heterocycles. The first kappa shape index (κ1) is 25.2. The second-order valence-corrected chi connectivity index (χ2v) is 7.15. The number of ether oxygens (including phenoxy) is 1. The molecular formula is C22H27F3N2O3S. The van der Waals surface area contributed by atoms with E-state index in [1.54, 1.807) is 24.5 Å². The Labute approximate surface area is 185 Å². The Morgan fingerprint density at radius 3 is 2.71 bits per heavy atom. The van der Waals surface area contributed by atoms with Gasteiger partial charge in [0.2, 0.25) is 0 Å². The number of allylic oxidation sites excluding steroid dienone is 2. The van der Waals surface area contributed by atoms with Gasteiger partial charge in [0.05, 0.1) is 36.3 Å². The van der Waals surface area contributed by atoms with Gasteiger partial charge >= 0.3 is 6.18 Å². The van der Waals surface area contributed by atoms with Crippen molar-refractivity contribution in [3.8, 4) is 0 Å². The molecule has 9 heteroatoms. The molecule has 5 nitrogen and oxygen atoms in total. The highest BCUT2D eigenvalue weighted by molar-refractivity contribution is 7.79. The number of methoxy groups -OCH3 is 1. The van der Waals surface area contributed by atoms with Crippen molar-refractivity contribution in [3.05, 3.63) is 47.7 Å². The van der Waals surface area contributed by atoms with E-state index in [0.29, 0.717) is 17.5 Å². The van der Waals surface area contributed by atoms with E-state index < -0.39 is 18.1 Å². The number of hydrogen-bond acceptors (Lipinski definition) is 5. The number of rotatable bonds is 6. The molecule has 1 heterocycles. The van der Waals surface area contributed by atoms with Crippen molar-refractivity contribution in [1.29, 1.82) is 0 Å². The molecule has 0 saturated heterocycles. The first-order valence-corrected chi connectivity index (χ1v) is 10.7. The number of aliphatic hydroxyl groups is 1. The fourth-order valence-corrected chi connectivity index (χ4v) is 3.53. The summed E-state index contributed by atoms with van der Waals surface area (Å²) in [5.41, 5.74) is 2.62. The number of thiol groups is 1. The van der Waals surface area contributed by atoms with E-state index in [2.05, 4.69) is 22.9 Å². The van der Waals surface area contributed by atoms with Crippen molar-refractivity contribution in [2.24, 2.45) is 5.92 Å². The van der Waals surface area contributed by atoms with Crippen LogP contribution in [0.1, 0.15) is 35.2 Å². The first-order valence-electron chi connectivity index (χ1n) is 9.83. The molecule has 1 aromatic heterocycles. The number of nitrogens with zero attached hydrogens (tertiary/aromatic N) is 1. The number of fused-ring (bicyclic) bond motifs is 1. The minimum atomic E-state index is -4.17. The molecule has 1 aliphatic rings. The summed E-state index contributed by atoms with van der Waals surface area (Å²) in [6, 6.07) is 6.62. The van der Waals surface area contributed by atoms with Gasteiger partial charge in [0.1, 0.15) is 0 Å². The zero-order valence-electron chi connectivity index (χ0n) is 17.4. The van der Waals surface area contributed by atoms with E-state index in [1.165, 1.54) is 13.3 Å². The lowest BCUT2D eigenvalue weighted by molar-refractivity contribution is -0.175. The Kier molecular flexibility index (Phi) is 9.33. The van der Waals surface area contributed by atoms with Gasteiger partial charge in [-0.3, -0.25) is 9.78 Å². The highest BCUT2D eigenvalue weighted by atomic mass is 32.1. The third-order valence-corrected chi connectivity index (χ3v) is 5.12. The summed E-state index contributed by atoms with van der Waals surface area (Å²) in [6.07, 6.45) is 0.977. The second kappa shape index (κ2) is 11.5. The fourth-order valence-electron chi connectivity index (χ4n) is 3.53. The number of aliphatic hydroxyl groups excluding tert-OH is 1. The average Bonchev–Trinajstić information content (AvgIpc) is 2.78. The molecule has 1 aromatic carbocycles. The number of amides is 1. The first-order chi connectivity index (χ1) is 14.8. The molecule has 2 aromatic rings. The minimum absolute atomic E-state index is 0.0300. The van der Waals surface area contributed by atoms with Crippen LogP contribution in [0.15, 0.2) is 36.5 Å². The van der Waals surface area contributed by atoms with E-state index in [0.717, 1.165) is 16.5 Å². The van der Waals surface area contributed by atoms with Crippen molar-refractivity contribution in [2.45, 2.75) is 31.5 Å². The van der Waals surface area contributed by atoms with E-state index in [-0.39, 0.29) is 32.0 Å². The lowest BCUT2D eigenvalue weighted by atomic mass is 9.85. The monoisotopic (exact) mass is 456 g/mol. The zero-order chi connectivity index (χ0) is 23.0. The number of benzene rings is 1. The zero-order valence-corrected chi connectivity index (χ0v) is 18.3. The Balaban J connectivity index is 0.00000166. The van der Waals surface area contributed by atoms with E-state index >= 15 is 0 Å². The predicted octanol–water partition coefficient (Wildman–Crippen LogP) is 4.26. The lowest BCUT2D eigenvalue weighted by Crippen LogP contribution is -2.40. The summed E-state index contributed by atoms with van der Waals surface area (Å²) in [5.74, 6) is -1.68. The topological polar surface area (TPSA) is 71.5 Å². The van der Waals surface area contributed by atoms with E-state index in [9.17, 15) is 23.1 Å². The minimum Gasteiger partial charge on any atom is -0.394 e. The highest BCUT2D eigenvalue weighted by Crippen LogP contribution is 2.40. The molecular weight excluding hydrogens is 429 g/mol. The number of carbonyl (C=O) groups is 1. The second-order valence-electron chi connectivity index (χ2n) is 7.15. The van der Waals surface area contributed by atoms with Crippen LogP contribution in [0.25, 0.3) is 16.5 Å². The van der Waals surface area contributed by atoms with Gasteiger partial charge < -0.3 is 15.2 Å². The van der Waals surface area contributed by atoms with Crippen LogP contribution in [0.4, 0.5) is 13.2 Å². The SMILES string of the molecule is COCC(CO)NC(=O)c1cnc2c(C3=CCC(C(F)(F)F)CC3)cccc2c1.CS. The number of aromatic nitrogens is 1. The van der Waals surface area contributed by atoms with Crippen LogP contribution in [0.5, 0.6) is 0 Å². The van der Waals surface area contributed by atoms with Crippen LogP contribution in [-0.2, 0) is 4.74 Å². The van der Waals surface area contributed by atoms with Crippen molar-refractivity contribution in [2.75, 3.05) is 26.6 Å². The van der Waals surface area contributed by atoms with Gasteiger partial charge in [-0.15, -0.1) is 0 Å². The fraction of sp³-hybridized carbons (Fsp3) is 0.455. The Morgan fingerprint density at radius 2 is 2.13 bits per heavy atom. The van der Waals surface area contributed by atoms with E-state index in [1.807, 2.05) is 12.1 Å². The van der Waals surface area contributed by atoms with Crippen LogP contribution in [-0.4, -0.2) is 54.8 Å². The number of alkyl halides is 3. The molecule has 0 spiro atoms. The van der Waals surface area contributed by atoms with Crippen LogP contribution in [0.3, 0.4) is 0 Å². The predicted molar refractivity (Wildman–Crippen MR) is 118 cm³/mol. The van der Waals surface area contributed by atoms with Crippen LogP contribution >= 0.6 is 12.6 Å². The smallest absolute Gasteiger partial charge is 0.392 e. The largest absolute Gasteiger partial charge is 0.394 e. The Hall–Kier alpha value is -2.10. The lowest BCUT2D eigenvalue weighted by Gasteiger charge is -2.24. The Bertz CT molecular complexity index is 918.